The van der Waals surface area contributed by atoms with Gasteiger partial charge >= 0.3 is 0 Å². The van der Waals surface area contributed by atoms with Gasteiger partial charge in [0, 0.05) is 18.5 Å². The summed E-state index contributed by atoms with van der Waals surface area (Å²) in [6, 6.07) is 7.35. The van der Waals surface area contributed by atoms with Crippen LogP contribution in [0.1, 0.15) is 12.0 Å². The van der Waals surface area contributed by atoms with Gasteiger partial charge in [-0.3, -0.25) is 9.59 Å². The SMILES string of the molecule is O=C1CCN(CC(F)(F)c2ccccc2)C(=O)CN1. The fourth-order valence-corrected chi connectivity index (χ4v) is 1.92. The molecule has 19 heavy (non-hydrogen) atoms. The largest absolute Gasteiger partial charge is 0.347 e. The molecule has 1 aliphatic heterocycles. The smallest absolute Gasteiger partial charge is 0.290 e. The Labute approximate surface area is 109 Å². The van der Waals surface area contributed by atoms with E-state index < -0.39 is 18.4 Å². The molecule has 2 amide bonds. The minimum Gasteiger partial charge on any atom is -0.347 e. The van der Waals surface area contributed by atoms with Crippen LogP contribution in [-0.2, 0) is 15.5 Å². The molecule has 1 N–H and O–H groups in total. The zero-order valence-corrected chi connectivity index (χ0v) is 10.2. The Morgan fingerprint density at radius 1 is 1.21 bits per heavy atom. The van der Waals surface area contributed by atoms with Crippen molar-refractivity contribution in [3.63, 3.8) is 0 Å². The molecule has 0 atom stereocenters. The van der Waals surface area contributed by atoms with Crippen molar-refractivity contribution < 1.29 is 18.4 Å². The molecule has 0 aliphatic carbocycles. The van der Waals surface area contributed by atoms with Gasteiger partial charge in [0.25, 0.3) is 5.92 Å². The first-order valence-corrected chi connectivity index (χ1v) is 5.97. The van der Waals surface area contributed by atoms with Gasteiger partial charge < -0.3 is 10.2 Å². The topological polar surface area (TPSA) is 49.4 Å². The van der Waals surface area contributed by atoms with Gasteiger partial charge in [0.15, 0.2) is 0 Å². The minimum atomic E-state index is -3.12. The summed E-state index contributed by atoms with van der Waals surface area (Å²) in [6.45, 7) is -0.901. The molecule has 1 heterocycles. The third-order valence-electron chi connectivity index (χ3n) is 2.98. The molecular formula is C13H14F2N2O2. The zero-order valence-electron chi connectivity index (χ0n) is 10.2. The average molecular weight is 268 g/mol. The number of amides is 2. The van der Waals surface area contributed by atoms with Crippen LogP contribution in [0.2, 0.25) is 0 Å². The summed E-state index contributed by atoms with van der Waals surface area (Å²) >= 11 is 0. The van der Waals surface area contributed by atoms with Crippen molar-refractivity contribution in [1.82, 2.24) is 10.2 Å². The Kier molecular flexibility index (Phi) is 3.78. The fourth-order valence-electron chi connectivity index (χ4n) is 1.92. The van der Waals surface area contributed by atoms with E-state index in [0.29, 0.717) is 0 Å². The van der Waals surface area contributed by atoms with Crippen LogP contribution >= 0.6 is 0 Å². The van der Waals surface area contributed by atoms with Crippen molar-refractivity contribution >= 4 is 11.8 Å². The summed E-state index contributed by atoms with van der Waals surface area (Å²) in [5, 5.41) is 2.37. The Bertz CT molecular complexity index is 477. The number of hydrogen-bond acceptors (Lipinski definition) is 2. The van der Waals surface area contributed by atoms with E-state index in [1.165, 1.54) is 24.3 Å². The third kappa shape index (κ3) is 3.27. The number of benzene rings is 1. The van der Waals surface area contributed by atoms with Crippen molar-refractivity contribution in [3.05, 3.63) is 35.9 Å². The lowest BCUT2D eigenvalue weighted by Crippen LogP contribution is -2.41. The lowest BCUT2D eigenvalue weighted by Gasteiger charge is -2.26. The molecule has 0 saturated carbocycles. The highest BCUT2D eigenvalue weighted by Gasteiger charge is 2.36. The highest BCUT2D eigenvalue weighted by molar-refractivity contribution is 5.87. The van der Waals surface area contributed by atoms with Crippen LogP contribution in [0.15, 0.2) is 30.3 Å². The van der Waals surface area contributed by atoms with Gasteiger partial charge in [-0.25, -0.2) is 0 Å². The predicted molar refractivity (Wildman–Crippen MR) is 64.5 cm³/mol. The molecule has 1 aliphatic rings. The van der Waals surface area contributed by atoms with Gasteiger partial charge in [-0.05, 0) is 0 Å². The van der Waals surface area contributed by atoms with Crippen LogP contribution in [0.4, 0.5) is 8.78 Å². The number of carbonyl (C=O) groups is 2. The van der Waals surface area contributed by atoms with Crippen LogP contribution in [0.25, 0.3) is 0 Å². The molecule has 0 radical (unpaired) electrons. The van der Waals surface area contributed by atoms with Crippen molar-refractivity contribution in [2.75, 3.05) is 19.6 Å². The maximum atomic E-state index is 14.0. The van der Waals surface area contributed by atoms with Crippen molar-refractivity contribution in [1.29, 1.82) is 0 Å². The van der Waals surface area contributed by atoms with Crippen molar-refractivity contribution in [2.24, 2.45) is 0 Å². The third-order valence-corrected chi connectivity index (χ3v) is 2.98. The van der Waals surface area contributed by atoms with E-state index in [9.17, 15) is 18.4 Å². The molecule has 1 aromatic rings. The molecule has 2 rings (SSSR count). The number of rotatable bonds is 3. The predicted octanol–water partition coefficient (Wildman–Crippen LogP) is 1.13. The van der Waals surface area contributed by atoms with Crippen LogP contribution < -0.4 is 5.32 Å². The second-order valence-electron chi connectivity index (χ2n) is 4.41. The molecule has 1 aromatic carbocycles. The average Bonchev–Trinajstić information content (AvgIpc) is 2.55. The number of alkyl halides is 2. The quantitative estimate of drug-likeness (QED) is 0.893. The molecule has 1 saturated heterocycles. The number of halogens is 2. The maximum Gasteiger partial charge on any atom is 0.290 e. The number of nitrogens with zero attached hydrogens (tertiary/aromatic N) is 1. The molecule has 0 aromatic heterocycles. The van der Waals surface area contributed by atoms with Crippen molar-refractivity contribution in [3.8, 4) is 0 Å². The van der Waals surface area contributed by atoms with Gasteiger partial charge in [-0.15, -0.1) is 0 Å². The summed E-state index contributed by atoms with van der Waals surface area (Å²) in [6.07, 6.45) is 0.0522. The van der Waals surface area contributed by atoms with E-state index in [-0.39, 0.29) is 31.0 Å². The highest BCUT2D eigenvalue weighted by Crippen LogP contribution is 2.29. The highest BCUT2D eigenvalue weighted by atomic mass is 19.3. The van der Waals surface area contributed by atoms with Crippen LogP contribution in [0, 0.1) is 0 Å². The molecule has 102 valence electrons. The second-order valence-corrected chi connectivity index (χ2v) is 4.41. The monoisotopic (exact) mass is 268 g/mol. The Morgan fingerprint density at radius 2 is 1.89 bits per heavy atom. The number of carbonyl (C=O) groups excluding carboxylic acids is 2. The van der Waals surface area contributed by atoms with E-state index >= 15 is 0 Å². The first kappa shape index (κ1) is 13.5. The molecule has 0 spiro atoms. The zero-order chi connectivity index (χ0) is 13.9. The fraction of sp³-hybridized carbons (Fsp3) is 0.385. The summed E-state index contributed by atoms with van der Waals surface area (Å²) in [5.41, 5.74) is -0.133. The summed E-state index contributed by atoms with van der Waals surface area (Å²) in [7, 11) is 0. The van der Waals surface area contributed by atoms with Crippen LogP contribution in [-0.4, -0.2) is 36.3 Å². The van der Waals surface area contributed by atoms with Gasteiger partial charge in [0.05, 0.1) is 13.1 Å². The van der Waals surface area contributed by atoms with Gasteiger partial charge in [0.2, 0.25) is 11.8 Å². The lowest BCUT2D eigenvalue weighted by molar-refractivity contribution is -0.135. The summed E-state index contributed by atoms with van der Waals surface area (Å²) < 4.78 is 28.1. The maximum absolute atomic E-state index is 14.0. The van der Waals surface area contributed by atoms with Gasteiger partial charge in [-0.1, -0.05) is 30.3 Å². The van der Waals surface area contributed by atoms with Crippen LogP contribution in [0.3, 0.4) is 0 Å². The normalized spacial score (nSPS) is 17.1. The standard InChI is InChI=1S/C13H14F2N2O2/c14-13(15,10-4-2-1-3-5-10)9-17-7-6-11(18)16-8-12(17)19/h1-5H,6-9H2,(H,16,18). The first-order chi connectivity index (χ1) is 8.99. The number of nitrogens with one attached hydrogen (secondary N) is 1. The van der Waals surface area contributed by atoms with E-state index in [1.54, 1.807) is 6.07 Å². The molecule has 0 bridgehead atoms. The van der Waals surface area contributed by atoms with E-state index in [4.69, 9.17) is 0 Å². The van der Waals surface area contributed by atoms with E-state index in [1.807, 2.05) is 0 Å². The summed E-state index contributed by atoms with van der Waals surface area (Å²) in [5.74, 6) is -3.90. The summed E-state index contributed by atoms with van der Waals surface area (Å²) in [4.78, 5) is 23.8. The molecular weight excluding hydrogens is 254 g/mol. The Morgan fingerprint density at radius 3 is 2.58 bits per heavy atom. The Balaban J connectivity index is 2.11. The van der Waals surface area contributed by atoms with Crippen LogP contribution in [0.5, 0.6) is 0 Å². The lowest BCUT2D eigenvalue weighted by atomic mass is 10.1. The van der Waals surface area contributed by atoms with Gasteiger partial charge in [-0.2, -0.15) is 8.78 Å². The number of hydrogen-bond donors (Lipinski definition) is 1. The molecule has 1 fully saturated rings. The Hall–Kier alpha value is -1.98. The van der Waals surface area contributed by atoms with E-state index in [2.05, 4.69) is 5.32 Å². The molecule has 0 unspecified atom stereocenters. The minimum absolute atomic E-state index is 0.0209. The van der Waals surface area contributed by atoms with Crippen molar-refractivity contribution in [2.45, 2.75) is 12.3 Å². The second kappa shape index (κ2) is 5.34. The van der Waals surface area contributed by atoms with Gasteiger partial charge in [0.1, 0.15) is 0 Å². The molecule has 6 heteroatoms. The first-order valence-electron chi connectivity index (χ1n) is 5.97. The molecule has 4 nitrogen and oxygen atoms in total. The van der Waals surface area contributed by atoms with E-state index in [0.717, 1.165) is 4.90 Å².